The van der Waals surface area contributed by atoms with Crippen molar-refractivity contribution >= 4 is 23.2 Å². The molecule has 2 amide bonds. The molecule has 1 aliphatic rings. The summed E-state index contributed by atoms with van der Waals surface area (Å²) in [4.78, 5) is 27.2. The SMILES string of the molecule is Cc1cccc(NC(=O)c2ccccc2NC(=O)CN2CCOC(C)C2)c1. The largest absolute Gasteiger partial charge is 0.376 e. The normalized spacial score (nSPS) is 17.3. The number of anilines is 2. The van der Waals surface area contributed by atoms with Gasteiger partial charge in [0.25, 0.3) is 5.91 Å². The van der Waals surface area contributed by atoms with Crippen molar-refractivity contribution in [1.29, 1.82) is 0 Å². The molecular formula is C21H25N3O3. The molecule has 2 N–H and O–H groups in total. The number of nitrogens with one attached hydrogen (secondary N) is 2. The van der Waals surface area contributed by atoms with E-state index >= 15 is 0 Å². The van der Waals surface area contributed by atoms with E-state index in [0.717, 1.165) is 24.3 Å². The van der Waals surface area contributed by atoms with Crippen LogP contribution in [0.1, 0.15) is 22.8 Å². The lowest BCUT2D eigenvalue weighted by Gasteiger charge is -2.30. The lowest BCUT2D eigenvalue weighted by atomic mass is 10.1. The van der Waals surface area contributed by atoms with E-state index in [0.29, 0.717) is 17.9 Å². The maximum Gasteiger partial charge on any atom is 0.257 e. The van der Waals surface area contributed by atoms with Gasteiger partial charge in [-0.1, -0.05) is 24.3 Å². The average molecular weight is 367 g/mol. The van der Waals surface area contributed by atoms with Gasteiger partial charge in [0.15, 0.2) is 0 Å². The maximum atomic E-state index is 12.7. The Morgan fingerprint density at radius 1 is 1.15 bits per heavy atom. The standard InChI is InChI=1S/C21H25N3O3/c1-15-6-5-7-17(12-15)22-21(26)18-8-3-4-9-19(18)23-20(25)14-24-10-11-27-16(2)13-24/h3-9,12,16H,10-11,13-14H2,1-2H3,(H,22,26)(H,23,25). The highest BCUT2D eigenvalue weighted by atomic mass is 16.5. The highest BCUT2D eigenvalue weighted by Crippen LogP contribution is 2.18. The van der Waals surface area contributed by atoms with Crippen LogP contribution in [0.15, 0.2) is 48.5 Å². The third-order valence-corrected chi connectivity index (χ3v) is 4.41. The summed E-state index contributed by atoms with van der Waals surface area (Å²) in [6.07, 6.45) is 0.124. The van der Waals surface area contributed by atoms with Gasteiger partial charge in [-0.25, -0.2) is 0 Å². The summed E-state index contributed by atoms with van der Waals surface area (Å²) in [5, 5.41) is 5.75. The van der Waals surface area contributed by atoms with Gasteiger partial charge in [-0.2, -0.15) is 0 Å². The zero-order valence-corrected chi connectivity index (χ0v) is 15.7. The van der Waals surface area contributed by atoms with Gasteiger partial charge in [0.2, 0.25) is 5.91 Å². The number of carbonyl (C=O) groups excluding carboxylic acids is 2. The lowest BCUT2D eigenvalue weighted by molar-refractivity contribution is -0.119. The average Bonchev–Trinajstić information content (AvgIpc) is 2.62. The van der Waals surface area contributed by atoms with Gasteiger partial charge in [-0.3, -0.25) is 14.5 Å². The minimum Gasteiger partial charge on any atom is -0.376 e. The Labute approximate surface area is 159 Å². The first-order chi connectivity index (χ1) is 13.0. The number of aryl methyl sites for hydroxylation is 1. The van der Waals surface area contributed by atoms with Crippen molar-refractivity contribution in [3.63, 3.8) is 0 Å². The third-order valence-electron chi connectivity index (χ3n) is 4.41. The predicted molar refractivity (Wildman–Crippen MR) is 106 cm³/mol. The Balaban J connectivity index is 1.66. The van der Waals surface area contributed by atoms with Crippen molar-refractivity contribution < 1.29 is 14.3 Å². The van der Waals surface area contributed by atoms with Crippen LogP contribution in [0, 0.1) is 6.92 Å². The number of morpholine rings is 1. The van der Waals surface area contributed by atoms with Crippen LogP contribution in [0.5, 0.6) is 0 Å². The zero-order valence-electron chi connectivity index (χ0n) is 15.7. The highest BCUT2D eigenvalue weighted by Gasteiger charge is 2.20. The molecule has 142 valence electrons. The third kappa shape index (κ3) is 5.39. The quantitative estimate of drug-likeness (QED) is 0.852. The number of para-hydroxylation sites is 1. The van der Waals surface area contributed by atoms with Gasteiger partial charge in [-0.05, 0) is 43.7 Å². The maximum absolute atomic E-state index is 12.7. The molecule has 1 atom stereocenters. The fraction of sp³-hybridized carbons (Fsp3) is 0.333. The van der Waals surface area contributed by atoms with E-state index in [9.17, 15) is 9.59 Å². The van der Waals surface area contributed by atoms with E-state index in [-0.39, 0.29) is 24.5 Å². The molecular weight excluding hydrogens is 342 g/mol. The van der Waals surface area contributed by atoms with Crippen LogP contribution in [-0.2, 0) is 9.53 Å². The summed E-state index contributed by atoms with van der Waals surface area (Å²) < 4.78 is 5.50. The number of amides is 2. The minimum absolute atomic E-state index is 0.124. The van der Waals surface area contributed by atoms with Crippen molar-refractivity contribution in [2.24, 2.45) is 0 Å². The molecule has 0 aromatic heterocycles. The van der Waals surface area contributed by atoms with Crippen LogP contribution in [-0.4, -0.2) is 49.1 Å². The van der Waals surface area contributed by atoms with Gasteiger partial charge in [-0.15, -0.1) is 0 Å². The fourth-order valence-electron chi connectivity index (χ4n) is 3.14. The number of ether oxygens (including phenoxy) is 1. The first-order valence-corrected chi connectivity index (χ1v) is 9.12. The minimum atomic E-state index is -0.253. The Morgan fingerprint density at radius 3 is 2.74 bits per heavy atom. The summed E-state index contributed by atoms with van der Waals surface area (Å²) >= 11 is 0. The number of hydrogen-bond donors (Lipinski definition) is 2. The van der Waals surface area contributed by atoms with Crippen LogP contribution in [0.2, 0.25) is 0 Å². The van der Waals surface area contributed by atoms with Gasteiger partial charge in [0.05, 0.1) is 30.5 Å². The number of rotatable bonds is 5. The van der Waals surface area contributed by atoms with E-state index in [1.165, 1.54) is 0 Å². The van der Waals surface area contributed by atoms with Gasteiger partial charge >= 0.3 is 0 Å². The van der Waals surface area contributed by atoms with Crippen molar-refractivity contribution in [2.75, 3.05) is 36.9 Å². The molecule has 1 unspecified atom stereocenters. The van der Waals surface area contributed by atoms with Crippen LogP contribution >= 0.6 is 0 Å². The van der Waals surface area contributed by atoms with Crippen LogP contribution < -0.4 is 10.6 Å². The molecule has 6 heteroatoms. The van der Waals surface area contributed by atoms with E-state index in [1.54, 1.807) is 24.3 Å². The summed E-state index contributed by atoms with van der Waals surface area (Å²) in [5.41, 5.74) is 2.73. The predicted octanol–water partition coefficient (Wildman–Crippen LogP) is 2.91. The lowest BCUT2D eigenvalue weighted by Crippen LogP contribution is -2.44. The molecule has 1 heterocycles. The van der Waals surface area contributed by atoms with E-state index in [4.69, 9.17) is 4.74 Å². The summed E-state index contributed by atoms with van der Waals surface area (Å²) in [6, 6.07) is 14.6. The van der Waals surface area contributed by atoms with E-state index in [1.807, 2.05) is 38.1 Å². The highest BCUT2D eigenvalue weighted by molar-refractivity contribution is 6.10. The topological polar surface area (TPSA) is 70.7 Å². The summed E-state index contributed by atoms with van der Waals surface area (Å²) in [5.74, 6) is -0.392. The summed E-state index contributed by atoms with van der Waals surface area (Å²) in [6.45, 7) is 6.33. The van der Waals surface area contributed by atoms with Crippen molar-refractivity contribution in [2.45, 2.75) is 20.0 Å². The number of benzene rings is 2. The van der Waals surface area contributed by atoms with Crippen LogP contribution in [0.25, 0.3) is 0 Å². The molecule has 0 radical (unpaired) electrons. The Hall–Kier alpha value is -2.70. The molecule has 0 bridgehead atoms. The Morgan fingerprint density at radius 2 is 1.96 bits per heavy atom. The number of carbonyl (C=O) groups is 2. The molecule has 6 nitrogen and oxygen atoms in total. The molecule has 3 rings (SSSR count). The second kappa shape index (κ2) is 8.79. The van der Waals surface area contributed by atoms with E-state index in [2.05, 4.69) is 15.5 Å². The first-order valence-electron chi connectivity index (χ1n) is 9.12. The molecule has 27 heavy (non-hydrogen) atoms. The molecule has 1 aliphatic heterocycles. The van der Waals surface area contributed by atoms with Crippen molar-refractivity contribution in [1.82, 2.24) is 4.90 Å². The molecule has 1 saturated heterocycles. The number of hydrogen-bond acceptors (Lipinski definition) is 4. The molecule has 2 aromatic rings. The molecule has 1 fully saturated rings. The molecule has 0 saturated carbocycles. The molecule has 0 spiro atoms. The second-order valence-electron chi connectivity index (χ2n) is 6.83. The van der Waals surface area contributed by atoms with Crippen molar-refractivity contribution in [3.05, 3.63) is 59.7 Å². The van der Waals surface area contributed by atoms with Crippen molar-refractivity contribution in [3.8, 4) is 0 Å². The first kappa shape index (κ1) is 19.1. The zero-order chi connectivity index (χ0) is 19.2. The van der Waals surface area contributed by atoms with E-state index < -0.39 is 0 Å². The van der Waals surface area contributed by atoms with Gasteiger partial charge in [0.1, 0.15) is 0 Å². The van der Waals surface area contributed by atoms with Crippen LogP contribution in [0.4, 0.5) is 11.4 Å². The summed E-state index contributed by atoms with van der Waals surface area (Å²) in [7, 11) is 0. The van der Waals surface area contributed by atoms with Crippen LogP contribution in [0.3, 0.4) is 0 Å². The monoisotopic (exact) mass is 367 g/mol. The Bertz CT molecular complexity index is 822. The number of nitrogens with zero attached hydrogens (tertiary/aromatic N) is 1. The Kier molecular flexibility index (Phi) is 6.21. The van der Waals surface area contributed by atoms with Gasteiger partial charge in [0, 0.05) is 18.8 Å². The smallest absolute Gasteiger partial charge is 0.257 e. The fourth-order valence-corrected chi connectivity index (χ4v) is 3.14. The molecule has 0 aliphatic carbocycles. The molecule has 2 aromatic carbocycles. The van der Waals surface area contributed by atoms with Gasteiger partial charge < -0.3 is 15.4 Å². The second-order valence-corrected chi connectivity index (χ2v) is 6.83.